The molecule has 0 spiro atoms. The van der Waals surface area contributed by atoms with E-state index in [2.05, 4.69) is 0 Å². The first-order chi connectivity index (χ1) is 6.76. The minimum absolute atomic E-state index is 0.394. The molecule has 4 heteroatoms. The molecule has 3 nitrogen and oxygen atoms in total. The van der Waals surface area contributed by atoms with Gasteiger partial charge in [0.15, 0.2) is 6.29 Å². The van der Waals surface area contributed by atoms with Gasteiger partial charge in [0.2, 0.25) is 0 Å². The number of nitrogen functional groups attached to an aromatic ring is 1. The molecule has 0 fully saturated rings. The quantitative estimate of drug-likeness (QED) is 0.720. The number of fused-ring (bicyclic) bond motifs is 1. The molecule has 0 radical (unpaired) electrons. The van der Waals surface area contributed by atoms with Gasteiger partial charge >= 0.3 is 0 Å². The summed E-state index contributed by atoms with van der Waals surface area (Å²) < 4.78 is 0.935. The zero-order valence-electron chi connectivity index (χ0n) is 7.15. The van der Waals surface area contributed by atoms with Crippen LogP contribution in [0.15, 0.2) is 17.5 Å². The van der Waals surface area contributed by atoms with E-state index in [4.69, 9.17) is 11.0 Å². The fourth-order valence-electron chi connectivity index (χ4n) is 1.30. The van der Waals surface area contributed by atoms with Gasteiger partial charge in [-0.3, -0.25) is 4.79 Å². The summed E-state index contributed by atoms with van der Waals surface area (Å²) in [5.74, 6) is 0. The zero-order chi connectivity index (χ0) is 10.1. The first kappa shape index (κ1) is 8.73. The second kappa shape index (κ2) is 3.13. The van der Waals surface area contributed by atoms with Crippen molar-refractivity contribution >= 4 is 33.4 Å². The van der Waals surface area contributed by atoms with E-state index in [1.54, 1.807) is 17.5 Å². The molecule has 1 heterocycles. The largest absolute Gasteiger partial charge is 0.398 e. The van der Waals surface area contributed by atoms with Crippen molar-refractivity contribution in [3.05, 3.63) is 28.6 Å². The Morgan fingerprint density at radius 1 is 1.50 bits per heavy atom. The number of thiophene rings is 1. The Bertz CT molecular complexity index is 551. The van der Waals surface area contributed by atoms with Crippen LogP contribution in [-0.2, 0) is 0 Å². The van der Waals surface area contributed by atoms with E-state index in [0.29, 0.717) is 23.1 Å². The first-order valence-electron chi connectivity index (χ1n) is 3.92. The van der Waals surface area contributed by atoms with E-state index in [1.165, 1.54) is 11.3 Å². The van der Waals surface area contributed by atoms with Crippen molar-refractivity contribution in [2.24, 2.45) is 0 Å². The summed E-state index contributed by atoms with van der Waals surface area (Å²) >= 11 is 1.47. The highest BCUT2D eigenvalue weighted by Crippen LogP contribution is 2.29. The van der Waals surface area contributed by atoms with Crippen LogP contribution in [-0.4, -0.2) is 6.29 Å². The van der Waals surface area contributed by atoms with Gasteiger partial charge in [0, 0.05) is 21.0 Å². The van der Waals surface area contributed by atoms with E-state index in [-0.39, 0.29) is 0 Å². The number of benzene rings is 1. The maximum absolute atomic E-state index is 10.7. The summed E-state index contributed by atoms with van der Waals surface area (Å²) in [5.41, 5.74) is 7.14. The lowest BCUT2D eigenvalue weighted by Crippen LogP contribution is -1.88. The fraction of sp³-hybridized carbons (Fsp3) is 0. The highest BCUT2D eigenvalue weighted by molar-refractivity contribution is 7.17. The molecule has 1 aromatic carbocycles. The van der Waals surface area contributed by atoms with Crippen molar-refractivity contribution in [3.63, 3.8) is 0 Å². The van der Waals surface area contributed by atoms with E-state index in [1.807, 2.05) is 6.07 Å². The van der Waals surface area contributed by atoms with Gasteiger partial charge in [0.1, 0.15) is 0 Å². The van der Waals surface area contributed by atoms with Crippen molar-refractivity contribution in [2.75, 3.05) is 5.73 Å². The fourth-order valence-corrected chi connectivity index (χ4v) is 2.17. The smallest absolute Gasteiger partial charge is 0.151 e. The Morgan fingerprint density at radius 3 is 2.93 bits per heavy atom. The van der Waals surface area contributed by atoms with Crippen LogP contribution in [0, 0.1) is 11.3 Å². The van der Waals surface area contributed by atoms with E-state index in [0.717, 1.165) is 10.1 Å². The number of aldehydes is 1. The number of nitrogens with two attached hydrogens (primary N) is 1. The summed E-state index contributed by atoms with van der Waals surface area (Å²) in [6.07, 6.45) is 0.676. The third-order valence-electron chi connectivity index (χ3n) is 2.02. The van der Waals surface area contributed by atoms with Crippen LogP contribution in [0.5, 0.6) is 0 Å². The van der Waals surface area contributed by atoms with Crippen LogP contribution in [0.1, 0.15) is 15.9 Å². The van der Waals surface area contributed by atoms with E-state index in [9.17, 15) is 4.79 Å². The monoisotopic (exact) mass is 202 g/mol. The van der Waals surface area contributed by atoms with Crippen molar-refractivity contribution < 1.29 is 4.79 Å². The number of rotatable bonds is 1. The number of nitriles is 1. The van der Waals surface area contributed by atoms with Gasteiger partial charge in [-0.25, -0.2) is 0 Å². The molecule has 0 aliphatic carbocycles. The lowest BCUT2D eigenvalue weighted by atomic mass is 10.1. The Balaban J connectivity index is 2.86. The van der Waals surface area contributed by atoms with Crippen LogP contribution in [0.3, 0.4) is 0 Å². The molecule has 0 aliphatic rings. The molecule has 0 saturated carbocycles. The van der Waals surface area contributed by atoms with Gasteiger partial charge in [-0.1, -0.05) is 0 Å². The molecule has 0 unspecified atom stereocenters. The standard InChI is InChI=1S/C10H6N2OS/c11-3-6-2-10-8(1-7(6)4-13)9(12)5-14-10/h1-2,4-5H,12H2. The Kier molecular flexibility index (Phi) is 1.95. The number of nitrogens with zero attached hydrogens (tertiary/aromatic N) is 1. The van der Waals surface area contributed by atoms with E-state index < -0.39 is 0 Å². The van der Waals surface area contributed by atoms with E-state index >= 15 is 0 Å². The Hall–Kier alpha value is -1.86. The molecule has 68 valence electrons. The van der Waals surface area contributed by atoms with Gasteiger partial charge < -0.3 is 5.73 Å². The Labute approximate surface area is 84.4 Å². The van der Waals surface area contributed by atoms with Gasteiger partial charge in [-0.05, 0) is 12.1 Å². The third-order valence-corrected chi connectivity index (χ3v) is 2.99. The summed E-state index contributed by atoms with van der Waals surface area (Å²) in [6, 6.07) is 5.34. The first-order valence-corrected chi connectivity index (χ1v) is 4.80. The number of hydrogen-bond acceptors (Lipinski definition) is 4. The number of anilines is 1. The molecule has 2 N–H and O–H groups in total. The highest BCUT2D eigenvalue weighted by atomic mass is 32.1. The van der Waals surface area contributed by atoms with Crippen molar-refractivity contribution in [1.29, 1.82) is 5.26 Å². The predicted molar refractivity (Wildman–Crippen MR) is 56.3 cm³/mol. The number of carbonyl (C=O) groups is 1. The average Bonchev–Trinajstić information content (AvgIpc) is 2.58. The summed E-state index contributed by atoms with van der Waals surface area (Å²) in [6.45, 7) is 0. The third kappa shape index (κ3) is 1.15. The second-order valence-electron chi connectivity index (χ2n) is 2.86. The zero-order valence-corrected chi connectivity index (χ0v) is 7.97. The van der Waals surface area contributed by atoms with Crippen LogP contribution in [0.4, 0.5) is 5.69 Å². The lowest BCUT2D eigenvalue weighted by molar-refractivity contribution is 0.112. The predicted octanol–water partition coefficient (Wildman–Crippen LogP) is 2.17. The molecule has 14 heavy (non-hydrogen) atoms. The van der Waals surface area contributed by atoms with Gasteiger partial charge in [0.05, 0.1) is 17.3 Å². The summed E-state index contributed by atoms with van der Waals surface area (Å²) in [5, 5.41) is 11.4. The van der Waals surface area contributed by atoms with Gasteiger partial charge in [-0.15, -0.1) is 11.3 Å². The van der Waals surface area contributed by atoms with Crippen LogP contribution >= 0.6 is 11.3 Å². The SMILES string of the molecule is N#Cc1cc2scc(N)c2cc1C=O. The molecule has 2 aromatic rings. The molecular formula is C10H6N2OS. The minimum atomic E-state index is 0.394. The maximum Gasteiger partial charge on any atom is 0.151 e. The molecule has 0 saturated heterocycles. The molecule has 0 amide bonds. The molecule has 0 atom stereocenters. The van der Waals surface area contributed by atoms with Gasteiger partial charge in [-0.2, -0.15) is 5.26 Å². The molecule has 1 aromatic heterocycles. The van der Waals surface area contributed by atoms with Crippen molar-refractivity contribution in [3.8, 4) is 6.07 Å². The number of carbonyl (C=O) groups excluding carboxylic acids is 1. The summed E-state index contributed by atoms with van der Waals surface area (Å²) in [7, 11) is 0. The maximum atomic E-state index is 10.7. The second-order valence-corrected chi connectivity index (χ2v) is 3.77. The van der Waals surface area contributed by atoms with Crippen molar-refractivity contribution in [1.82, 2.24) is 0 Å². The molecular weight excluding hydrogens is 196 g/mol. The van der Waals surface area contributed by atoms with Crippen LogP contribution < -0.4 is 5.73 Å². The number of hydrogen-bond donors (Lipinski definition) is 1. The summed E-state index contributed by atoms with van der Waals surface area (Å²) in [4.78, 5) is 10.7. The van der Waals surface area contributed by atoms with Crippen molar-refractivity contribution in [2.45, 2.75) is 0 Å². The topological polar surface area (TPSA) is 66.9 Å². The van der Waals surface area contributed by atoms with Crippen LogP contribution in [0.2, 0.25) is 0 Å². The minimum Gasteiger partial charge on any atom is -0.398 e. The van der Waals surface area contributed by atoms with Gasteiger partial charge in [0.25, 0.3) is 0 Å². The lowest BCUT2D eigenvalue weighted by Gasteiger charge is -1.96. The highest BCUT2D eigenvalue weighted by Gasteiger charge is 2.07. The molecule has 2 rings (SSSR count). The average molecular weight is 202 g/mol. The van der Waals surface area contributed by atoms with Crippen LogP contribution in [0.25, 0.3) is 10.1 Å². The normalized spacial score (nSPS) is 9.93. The molecule has 0 aliphatic heterocycles. The Morgan fingerprint density at radius 2 is 2.29 bits per heavy atom. The molecule has 0 bridgehead atoms.